The van der Waals surface area contributed by atoms with E-state index in [4.69, 9.17) is 4.74 Å². The lowest BCUT2D eigenvalue weighted by atomic mass is 9.97. The van der Waals surface area contributed by atoms with Gasteiger partial charge in [-0.2, -0.15) is 0 Å². The average Bonchev–Trinajstić information content (AvgIpc) is 2.49. The van der Waals surface area contributed by atoms with Crippen LogP contribution in [-0.4, -0.2) is 44.3 Å². The van der Waals surface area contributed by atoms with Crippen molar-refractivity contribution in [1.82, 2.24) is 10.2 Å². The second kappa shape index (κ2) is 7.77. The van der Waals surface area contributed by atoms with Gasteiger partial charge in [0.2, 0.25) is 0 Å². The first-order valence-corrected chi connectivity index (χ1v) is 7.88. The van der Waals surface area contributed by atoms with Crippen LogP contribution in [0.25, 0.3) is 0 Å². The number of hydrogen-bond acceptors (Lipinski definition) is 3. The van der Waals surface area contributed by atoms with Gasteiger partial charge in [0, 0.05) is 13.1 Å². The Morgan fingerprint density at radius 1 is 1.40 bits per heavy atom. The molecule has 0 bridgehead atoms. The first kappa shape index (κ1) is 15.5. The Bertz CT molecular complexity index is 408. The number of ether oxygens (including phenoxy) is 1. The summed E-state index contributed by atoms with van der Waals surface area (Å²) in [6, 6.07) is 9.22. The zero-order chi connectivity index (χ0) is 14.4. The summed E-state index contributed by atoms with van der Waals surface area (Å²) in [5.41, 5.74) is 2.77. The molecule has 0 spiro atoms. The van der Waals surface area contributed by atoms with Crippen molar-refractivity contribution in [1.29, 1.82) is 0 Å². The van der Waals surface area contributed by atoms with Gasteiger partial charge < -0.3 is 10.1 Å². The van der Waals surface area contributed by atoms with E-state index in [1.165, 1.54) is 17.5 Å². The number of benzene rings is 1. The summed E-state index contributed by atoms with van der Waals surface area (Å²) >= 11 is 0. The maximum Gasteiger partial charge on any atom is 0.0896 e. The van der Waals surface area contributed by atoms with Crippen LogP contribution in [0.2, 0.25) is 0 Å². The Morgan fingerprint density at radius 3 is 2.95 bits per heavy atom. The lowest BCUT2D eigenvalue weighted by Gasteiger charge is -2.36. The van der Waals surface area contributed by atoms with Crippen LogP contribution in [-0.2, 0) is 11.2 Å². The Hall–Kier alpha value is -0.900. The van der Waals surface area contributed by atoms with Crippen molar-refractivity contribution >= 4 is 0 Å². The maximum absolute atomic E-state index is 6.01. The zero-order valence-corrected chi connectivity index (χ0v) is 13.1. The van der Waals surface area contributed by atoms with Gasteiger partial charge in [-0.25, -0.2) is 0 Å². The molecule has 0 radical (unpaired) electrons. The van der Waals surface area contributed by atoms with Crippen LogP contribution < -0.4 is 5.32 Å². The minimum Gasteiger partial charge on any atom is -0.374 e. The molecule has 0 saturated carbocycles. The Kier molecular flexibility index (Phi) is 6.02. The second-order valence-corrected chi connectivity index (χ2v) is 5.56. The van der Waals surface area contributed by atoms with Crippen molar-refractivity contribution < 1.29 is 4.74 Å². The Labute approximate surface area is 123 Å². The van der Waals surface area contributed by atoms with Gasteiger partial charge in [0.25, 0.3) is 0 Å². The number of hydrogen-bond donors (Lipinski definition) is 1. The summed E-state index contributed by atoms with van der Waals surface area (Å²) in [4.78, 5) is 2.47. The van der Waals surface area contributed by atoms with Gasteiger partial charge in [0.15, 0.2) is 0 Å². The molecule has 1 fully saturated rings. The highest BCUT2D eigenvalue weighted by Gasteiger charge is 2.27. The quantitative estimate of drug-likeness (QED) is 0.864. The molecule has 1 aromatic rings. The number of aryl methyl sites for hydroxylation is 1. The summed E-state index contributed by atoms with van der Waals surface area (Å²) in [5.74, 6) is 0. The van der Waals surface area contributed by atoms with Gasteiger partial charge in [0.05, 0.1) is 18.8 Å². The predicted molar refractivity (Wildman–Crippen MR) is 84.1 cm³/mol. The van der Waals surface area contributed by atoms with Crippen molar-refractivity contribution in [2.75, 3.05) is 33.3 Å². The molecule has 0 aromatic heterocycles. The maximum atomic E-state index is 6.01. The molecular weight excluding hydrogens is 248 g/mol. The minimum atomic E-state index is 0.241. The molecule has 2 atom stereocenters. The molecular formula is C17H28N2O. The summed E-state index contributed by atoms with van der Waals surface area (Å²) < 4.78 is 6.01. The highest BCUT2D eigenvalue weighted by Crippen LogP contribution is 2.23. The predicted octanol–water partition coefficient (Wildman–Crippen LogP) is 2.62. The van der Waals surface area contributed by atoms with E-state index in [0.717, 1.165) is 32.7 Å². The van der Waals surface area contributed by atoms with Crippen molar-refractivity contribution in [2.45, 2.75) is 38.8 Å². The molecule has 1 aliphatic heterocycles. The fourth-order valence-electron chi connectivity index (χ4n) is 3.02. The zero-order valence-electron chi connectivity index (χ0n) is 13.1. The molecule has 2 unspecified atom stereocenters. The van der Waals surface area contributed by atoms with Crippen molar-refractivity contribution in [2.24, 2.45) is 0 Å². The summed E-state index contributed by atoms with van der Waals surface area (Å²) in [6.45, 7) is 8.46. The Balaban J connectivity index is 2.12. The molecule has 3 nitrogen and oxygen atoms in total. The SMILES string of the molecule is CCCc1cccc(C(NC)C2CN(CC)CCO2)c1. The third-order valence-electron chi connectivity index (χ3n) is 4.16. The fourth-order valence-corrected chi connectivity index (χ4v) is 3.02. The molecule has 1 aromatic carbocycles. The highest BCUT2D eigenvalue weighted by atomic mass is 16.5. The van der Waals surface area contributed by atoms with Crippen molar-refractivity contribution in [3.8, 4) is 0 Å². The number of morpholine rings is 1. The standard InChI is InChI=1S/C17H28N2O/c1-4-7-14-8-6-9-15(12-14)17(18-3)16-13-19(5-2)10-11-20-16/h6,8-9,12,16-18H,4-5,7,10-11,13H2,1-3H3. The highest BCUT2D eigenvalue weighted by molar-refractivity contribution is 5.27. The van der Waals surface area contributed by atoms with Crippen molar-refractivity contribution in [3.63, 3.8) is 0 Å². The molecule has 0 aliphatic carbocycles. The smallest absolute Gasteiger partial charge is 0.0896 e. The first-order valence-electron chi connectivity index (χ1n) is 7.88. The number of likely N-dealkylation sites (N-methyl/N-ethyl adjacent to an activating group) is 2. The van der Waals surface area contributed by atoms with Crippen molar-refractivity contribution in [3.05, 3.63) is 35.4 Å². The van der Waals surface area contributed by atoms with Gasteiger partial charge in [-0.15, -0.1) is 0 Å². The Morgan fingerprint density at radius 2 is 2.25 bits per heavy atom. The molecule has 112 valence electrons. The van der Waals surface area contributed by atoms with Crippen LogP contribution in [0.1, 0.15) is 37.4 Å². The average molecular weight is 276 g/mol. The van der Waals surface area contributed by atoms with Gasteiger partial charge in [0.1, 0.15) is 0 Å². The largest absolute Gasteiger partial charge is 0.374 e. The van der Waals surface area contributed by atoms with Crippen LogP contribution in [0.4, 0.5) is 0 Å². The van der Waals surface area contributed by atoms with Crippen LogP contribution >= 0.6 is 0 Å². The van der Waals surface area contributed by atoms with Gasteiger partial charge in [-0.3, -0.25) is 4.90 Å². The van der Waals surface area contributed by atoms with E-state index in [9.17, 15) is 0 Å². The van der Waals surface area contributed by atoms with E-state index in [1.807, 2.05) is 7.05 Å². The van der Waals surface area contributed by atoms with Gasteiger partial charge in [-0.05, 0) is 31.1 Å². The summed E-state index contributed by atoms with van der Waals surface area (Å²) in [7, 11) is 2.03. The molecule has 2 rings (SSSR count). The van der Waals surface area contributed by atoms with E-state index in [-0.39, 0.29) is 12.1 Å². The number of nitrogens with zero attached hydrogens (tertiary/aromatic N) is 1. The monoisotopic (exact) mass is 276 g/mol. The molecule has 1 N–H and O–H groups in total. The number of rotatable bonds is 6. The lowest BCUT2D eigenvalue weighted by molar-refractivity contribution is -0.0444. The van der Waals surface area contributed by atoms with E-state index < -0.39 is 0 Å². The van der Waals surface area contributed by atoms with Gasteiger partial charge >= 0.3 is 0 Å². The molecule has 1 saturated heterocycles. The third-order valence-corrected chi connectivity index (χ3v) is 4.16. The van der Waals surface area contributed by atoms with Crippen LogP contribution in [0.3, 0.4) is 0 Å². The fraction of sp³-hybridized carbons (Fsp3) is 0.647. The van der Waals surface area contributed by atoms with Crippen LogP contribution in [0.15, 0.2) is 24.3 Å². The van der Waals surface area contributed by atoms with Gasteiger partial charge in [-0.1, -0.05) is 44.5 Å². The van der Waals surface area contributed by atoms with Crippen LogP contribution in [0.5, 0.6) is 0 Å². The normalized spacial score (nSPS) is 21.9. The minimum absolute atomic E-state index is 0.241. The van der Waals surface area contributed by atoms with E-state index >= 15 is 0 Å². The first-order chi connectivity index (χ1) is 9.78. The number of nitrogens with one attached hydrogen (secondary N) is 1. The van der Waals surface area contributed by atoms with Crippen LogP contribution in [0, 0.1) is 0 Å². The summed E-state index contributed by atoms with van der Waals surface area (Å²) in [6.07, 6.45) is 2.58. The molecule has 1 aliphatic rings. The molecule has 20 heavy (non-hydrogen) atoms. The topological polar surface area (TPSA) is 24.5 Å². The molecule has 1 heterocycles. The van der Waals surface area contributed by atoms with E-state index in [0.29, 0.717) is 0 Å². The third kappa shape index (κ3) is 3.81. The van der Waals surface area contributed by atoms with E-state index in [1.54, 1.807) is 0 Å². The lowest BCUT2D eigenvalue weighted by Crippen LogP contribution is -2.47. The molecule has 0 amide bonds. The summed E-state index contributed by atoms with van der Waals surface area (Å²) in [5, 5.41) is 3.45. The van der Waals surface area contributed by atoms with E-state index in [2.05, 4.69) is 48.3 Å². The second-order valence-electron chi connectivity index (χ2n) is 5.56. The molecule has 3 heteroatoms.